The van der Waals surface area contributed by atoms with Gasteiger partial charge in [-0.25, -0.2) is 0 Å². The summed E-state index contributed by atoms with van der Waals surface area (Å²) in [7, 11) is 0. The van der Waals surface area contributed by atoms with Crippen LogP contribution in [0.1, 0.15) is 33.1 Å². The number of hydrogen-bond donors (Lipinski definition) is 0. The van der Waals surface area contributed by atoms with Crippen LogP contribution in [0.4, 0.5) is 0 Å². The third kappa shape index (κ3) is 2.48. The molecule has 0 atom stereocenters. The third-order valence-corrected chi connectivity index (χ3v) is 3.54. The smallest absolute Gasteiger partial charge is 0.0113 e. The van der Waals surface area contributed by atoms with Crippen molar-refractivity contribution in [2.24, 2.45) is 0 Å². The monoisotopic (exact) mass is 195 g/mol. The van der Waals surface area contributed by atoms with E-state index in [4.69, 9.17) is 0 Å². The largest absolute Gasteiger partial charge is 0.300 e. The molecular weight excluding hydrogens is 172 g/mol. The van der Waals surface area contributed by atoms with Crippen LogP contribution in [-0.4, -0.2) is 48.6 Å². The molecule has 1 saturated carbocycles. The normalized spacial score (nSPS) is 26.8. The Labute approximate surface area is 88.3 Å². The molecule has 0 amide bonds. The fraction of sp³-hybridized carbons (Fsp3) is 0.917. The predicted octanol–water partition coefficient (Wildman–Crippen LogP) is 1.77. The van der Waals surface area contributed by atoms with E-state index in [1.807, 2.05) is 0 Å². The molecule has 0 spiro atoms. The Kier molecular flexibility index (Phi) is 3.45. The molecule has 0 unspecified atom stereocenters. The second-order valence-corrected chi connectivity index (χ2v) is 5.10. The Morgan fingerprint density at radius 1 is 1.07 bits per heavy atom. The first-order chi connectivity index (χ1) is 6.75. The van der Waals surface area contributed by atoms with E-state index in [-0.39, 0.29) is 0 Å². The average Bonchev–Trinajstić information content (AvgIpc) is 2.04. The Morgan fingerprint density at radius 3 is 2.14 bits per heavy atom. The molecule has 14 heavy (non-hydrogen) atoms. The number of piperazine rings is 1. The molecular formula is C12H23N2. The van der Waals surface area contributed by atoms with Crippen LogP contribution in [0.5, 0.6) is 0 Å². The van der Waals surface area contributed by atoms with Gasteiger partial charge in [-0.2, -0.15) is 0 Å². The maximum atomic E-state index is 2.70. The van der Waals surface area contributed by atoms with Crippen molar-refractivity contribution >= 4 is 0 Å². The van der Waals surface area contributed by atoms with Crippen LogP contribution >= 0.6 is 0 Å². The lowest BCUT2D eigenvalue weighted by molar-refractivity contribution is 0.0637. The van der Waals surface area contributed by atoms with Crippen LogP contribution in [0.15, 0.2) is 0 Å². The van der Waals surface area contributed by atoms with Gasteiger partial charge in [-0.1, -0.05) is 20.3 Å². The van der Waals surface area contributed by atoms with Crippen molar-refractivity contribution in [2.75, 3.05) is 32.7 Å². The van der Waals surface area contributed by atoms with Crippen LogP contribution in [0, 0.1) is 5.92 Å². The minimum absolute atomic E-state index is 0.948. The van der Waals surface area contributed by atoms with Crippen molar-refractivity contribution in [1.82, 2.24) is 9.80 Å². The molecule has 0 aromatic heterocycles. The van der Waals surface area contributed by atoms with Gasteiger partial charge in [0.2, 0.25) is 0 Å². The van der Waals surface area contributed by atoms with Gasteiger partial charge in [-0.05, 0) is 18.8 Å². The van der Waals surface area contributed by atoms with E-state index in [0.29, 0.717) is 0 Å². The first-order valence-corrected chi connectivity index (χ1v) is 6.01. The molecule has 0 aromatic carbocycles. The average molecular weight is 195 g/mol. The molecule has 2 rings (SSSR count). The maximum Gasteiger partial charge on any atom is 0.0113 e. The van der Waals surface area contributed by atoms with E-state index in [1.165, 1.54) is 52.0 Å². The summed E-state index contributed by atoms with van der Waals surface area (Å²) in [5.74, 6) is 1.54. The molecule has 1 aliphatic carbocycles. The number of nitrogens with zero attached hydrogens (tertiary/aromatic N) is 2. The zero-order chi connectivity index (χ0) is 9.97. The van der Waals surface area contributed by atoms with Crippen LogP contribution in [0.3, 0.4) is 0 Å². The standard InChI is InChI=1S/C12H23N2/c1-11(2)10-13-6-8-14(9-7-13)12-4-3-5-12/h12H,3-10H2,1-2H3. The summed E-state index contributed by atoms with van der Waals surface area (Å²) < 4.78 is 0. The summed E-state index contributed by atoms with van der Waals surface area (Å²) in [6, 6.07) is 0.948. The van der Waals surface area contributed by atoms with E-state index in [2.05, 4.69) is 23.6 Å². The number of rotatable bonds is 3. The Bertz CT molecular complexity index is 167. The molecule has 2 nitrogen and oxygen atoms in total. The second kappa shape index (κ2) is 4.63. The van der Waals surface area contributed by atoms with Crippen molar-refractivity contribution in [1.29, 1.82) is 0 Å². The highest BCUT2D eigenvalue weighted by Gasteiger charge is 2.27. The third-order valence-electron chi connectivity index (χ3n) is 3.54. The van der Waals surface area contributed by atoms with E-state index in [0.717, 1.165) is 6.04 Å². The highest BCUT2D eigenvalue weighted by Crippen LogP contribution is 2.25. The molecule has 1 aliphatic heterocycles. The van der Waals surface area contributed by atoms with Gasteiger partial charge in [0, 0.05) is 38.8 Å². The molecule has 0 aromatic rings. The van der Waals surface area contributed by atoms with Gasteiger partial charge < -0.3 is 4.90 Å². The quantitative estimate of drug-likeness (QED) is 0.677. The molecule has 1 heterocycles. The summed E-state index contributed by atoms with van der Waals surface area (Å²) in [4.78, 5) is 5.29. The van der Waals surface area contributed by atoms with Gasteiger partial charge in [0.1, 0.15) is 0 Å². The van der Waals surface area contributed by atoms with Crippen molar-refractivity contribution in [3.05, 3.63) is 5.92 Å². The molecule has 2 aliphatic rings. The summed E-state index contributed by atoms with van der Waals surface area (Å²) in [5, 5.41) is 0. The Morgan fingerprint density at radius 2 is 1.71 bits per heavy atom. The zero-order valence-corrected chi connectivity index (χ0v) is 9.63. The summed E-state index contributed by atoms with van der Waals surface area (Å²) in [6.07, 6.45) is 4.38. The van der Waals surface area contributed by atoms with E-state index < -0.39 is 0 Å². The highest BCUT2D eigenvalue weighted by molar-refractivity contribution is 4.87. The zero-order valence-electron chi connectivity index (χ0n) is 9.63. The topological polar surface area (TPSA) is 6.48 Å². The van der Waals surface area contributed by atoms with Crippen LogP contribution in [0.2, 0.25) is 0 Å². The Balaban J connectivity index is 1.69. The maximum absolute atomic E-state index is 2.70. The fourth-order valence-electron chi connectivity index (χ4n) is 2.49. The lowest BCUT2D eigenvalue weighted by Gasteiger charge is -2.43. The van der Waals surface area contributed by atoms with Gasteiger partial charge in [0.15, 0.2) is 0 Å². The van der Waals surface area contributed by atoms with Gasteiger partial charge in [-0.15, -0.1) is 0 Å². The molecule has 81 valence electrons. The summed E-state index contributed by atoms with van der Waals surface area (Å²) in [6.45, 7) is 10.8. The van der Waals surface area contributed by atoms with Crippen molar-refractivity contribution in [3.63, 3.8) is 0 Å². The molecule has 2 heteroatoms. The minimum Gasteiger partial charge on any atom is -0.300 e. The number of hydrogen-bond acceptors (Lipinski definition) is 2. The second-order valence-electron chi connectivity index (χ2n) is 5.10. The van der Waals surface area contributed by atoms with Gasteiger partial charge in [-0.3, -0.25) is 4.90 Å². The Hall–Kier alpha value is -0.0800. The van der Waals surface area contributed by atoms with Crippen LogP contribution < -0.4 is 0 Å². The minimum atomic E-state index is 0.948. The predicted molar refractivity (Wildman–Crippen MR) is 60.2 cm³/mol. The van der Waals surface area contributed by atoms with E-state index in [9.17, 15) is 0 Å². The lowest BCUT2D eigenvalue weighted by Crippen LogP contribution is -2.52. The molecule has 0 bridgehead atoms. The van der Waals surface area contributed by atoms with Crippen LogP contribution in [0.25, 0.3) is 0 Å². The van der Waals surface area contributed by atoms with Gasteiger partial charge in [0.25, 0.3) is 0 Å². The van der Waals surface area contributed by atoms with Crippen molar-refractivity contribution in [2.45, 2.75) is 39.2 Å². The first kappa shape index (κ1) is 10.4. The van der Waals surface area contributed by atoms with Crippen LogP contribution in [-0.2, 0) is 0 Å². The molecule has 0 N–H and O–H groups in total. The van der Waals surface area contributed by atoms with E-state index >= 15 is 0 Å². The van der Waals surface area contributed by atoms with Crippen molar-refractivity contribution < 1.29 is 0 Å². The first-order valence-electron chi connectivity index (χ1n) is 6.01. The molecule has 1 saturated heterocycles. The van der Waals surface area contributed by atoms with Gasteiger partial charge in [0.05, 0.1) is 0 Å². The highest BCUT2D eigenvalue weighted by atomic mass is 15.3. The van der Waals surface area contributed by atoms with Gasteiger partial charge >= 0.3 is 0 Å². The fourth-order valence-corrected chi connectivity index (χ4v) is 2.49. The SMILES string of the molecule is C[C](C)CN1CCN(C2CCC2)CC1. The lowest BCUT2D eigenvalue weighted by atomic mass is 9.91. The molecule has 2 fully saturated rings. The molecule has 1 radical (unpaired) electrons. The van der Waals surface area contributed by atoms with Crippen molar-refractivity contribution in [3.8, 4) is 0 Å². The summed E-state index contributed by atoms with van der Waals surface area (Å²) >= 11 is 0. The van der Waals surface area contributed by atoms with E-state index in [1.54, 1.807) is 5.92 Å². The summed E-state index contributed by atoms with van der Waals surface area (Å²) in [5.41, 5.74) is 0.